The van der Waals surface area contributed by atoms with Crippen LogP contribution in [-0.2, 0) is 17.6 Å². The highest BCUT2D eigenvalue weighted by Crippen LogP contribution is 2.39. The van der Waals surface area contributed by atoms with Gasteiger partial charge in [0.2, 0.25) is 0 Å². The summed E-state index contributed by atoms with van der Waals surface area (Å²) >= 11 is 7.05. The maximum atomic E-state index is 12.4. The van der Waals surface area contributed by atoms with Crippen LogP contribution in [0.5, 0.6) is 0 Å². The highest BCUT2D eigenvalue weighted by atomic mass is 32.1. The van der Waals surface area contributed by atoms with Crippen LogP contribution < -0.4 is 10.6 Å². The fourth-order valence-electron chi connectivity index (χ4n) is 3.00. The number of anilines is 2. The van der Waals surface area contributed by atoms with Crippen molar-refractivity contribution < 1.29 is 9.53 Å². The van der Waals surface area contributed by atoms with Gasteiger partial charge in [0, 0.05) is 10.6 Å². The Balaban J connectivity index is 1.79. The number of esters is 1. The third-order valence-corrected chi connectivity index (χ3v) is 5.80. The molecule has 132 valence electrons. The molecule has 1 aliphatic carbocycles. The molecule has 0 unspecified atom stereocenters. The van der Waals surface area contributed by atoms with Crippen LogP contribution in [0, 0.1) is 13.8 Å². The van der Waals surface area contributed by atoms with Crippen LogP contribution in [0.25, 0.3) is 0 Å². The molecule has 6 heteroatoms. The van der Waals surface area contributed by atoms with Gasteiger partial charge in [0.05, 0.1) is 12.2 Å². The number of ether oxygens (including phenoxy) is 1. The number of aryl methyl sites for hydroxylation is 3. The molecule has 0 aliphatic heterocycles. The summed E-state index contributed by atoms with van der Waals surface area (Å²) in [6.07, 6.45) is 3.05. The summed E-state index contributed by atoms with van der Waals surface area (Å²) < 4.78 is 5.25. The largest absolute Gasteiger partial charge is 0.462 e. The zero-order chi connectivity index (χ0) is 18.0. The van der Waals surface area contributed by atoms with Crippen LogP contribution in [-0.4, -0.2) is 17.7 Å². The highest BCUT2D eigenvalue weighted by molar-refractivity contribution is 7.80. The van der Waals surface area contributed by atoms with Crippen LogP contribution in [0.3, 0.4) is 0 Å². The lowest BCUT2D eigenvalue weighted by atomic mass is 10.1. The van der Waals surface area contributed by atoms with E-state index in [1.807, 2.05) is 13.0 Å². The van der Waals surface area contributed by atoms with Crippen molar-refractivity contribution in [1.82, 2.24) is 0 Å². The predicted molar refractivity (Wildman–Crippen MR) is 108 cm³/mol. The van der Waals surface area contributed by atoms with Gasteiger partial charge in [-0.2, -0.15) is 0 Å². The van der Waals surface area contributed by atoms with E-state index in [4.69, 9.17) is 17.0 Å². The van der Waals surface area contributed by atoms with Gasteiger partial charge in [-0.3, -0.25) is 0 Å². The number of rotatable bonds is 4. The molecule has 0 saturated carbocycles. The Bertz CT molecular complexity index is 827. The molecule has 4 nitrogen and oxygen atoms in total. The fraction of sp³-hybridized carbons (Fsp3) is 0.368. The van der Waals surface area contributed by atoms with E-state index in [0.29, 0.717) is 17.3 Å². The van der Waals surface area contributed by atoms with Crippen molar-refractivity contribution in [3.05, 3.63) is 45.3 Å². The summed E-state index contributed by atoms with van der Waals surface area (Å²) in [6.45, 7) is 6.34. The summed E-state index contributed by atoms with van der Waals surface area (Å²) in [5, 5.41) is 7.66. The number of carbonyl (C=O) groups excluding carboxylic acids is 1. The minimum atomic E-state index is -0.265. The minimum absolute atomic E-state index is 0.265. The molecule has 0 radical (unpaired) electrons. The number of nitrogens with one attached hydrogen (secondary N) is 2. The number of hydrogen-bond acceptors (Lipinski definition) is 4. The Morgan fingerprint density at radius 3 is 2.76 bits per heavy atom. The molecule has 2 N–H and O–H groups in total. The molecule has 0 fully saturated rings. The molecule has 0 atom stereocenters. The normalized spacial score (nSPS) is 12.6. The first kappa shape index (κ1) is 17.9. The third-order valence-electron chi connectivity index (χ3n) is 4.39. The molecule has 0 spiro atoms. The van der Waals surface area contributed by atoms with Gasteiger partial charge >= 0.3 is 5.97 Å². The molecule has 1 aliphatic rings. The van der Waals surface area contributed by atoms with Crippen molar-refractivity contribution in [2.45, 2.75) is 40.0 Å². The third kappa shape index (κ3) is 3.85. The van der Waals surface area contributed by atoms with E-state index in [1.165, 1.54) is 16.0 Å². The quantitative estimate of drug-likeness (QED) is 0.592. The molecule has 1 aromatic heterocycles. The summed E-state index contributed by atoms with van der Waals surface area (Å²) in [7, 11) is 0. The second-order valence-corrected chi connectivity index (χ2v) is 7.67. The van der Waals surface area contributed by atoms with Crippen molar-refractivity contribution in [3.8, 4) is 0 Å². The van der Waals surface area contributed by atoms with Crippen LogP contribution in [0.2, 0.25) is 0 Å². The number of thiophene rings is 1. The zero-order valence-corrected chi connectivity index (χ0v) is 16.3. The van der Waals surface area contributed by atoms with Crippen molar-refractivity contribution in [1.29, 1.82) is 0 Å². The van der Waals surface area contributed by atoms with E-state index in [2.05, 4.69) is 36.6 Å². The molecule has 0 bridgehead atoms. The SMILES string of the molecule is CCOC(=O)c1c(NC(=S)Nc2ccc(C)c(C)c2)sc2c1CCC2. The van der Waals surface area contributed by atoms with Crippen molar-refractivity contribution in [2.24, 2.45) is 0 Å². The molecule has 0 saturated heterocycles. The van der Waals surface area contributed by atoms with E-state index in [0.717, 1.165) is 35.5 Å². The molecule has 1 heterocycles. The maximum absolute atomic E-state index is 12.4. The first-order chi connectivity index (χ1) is 12.0. The van der Waals surface area contributed by atoms with Crippen LogP contribution in [0.1, 0.15) is 45.3 Å². The van der Waals surface area contributed by atoms with Crippen molar-refractivity contribution in [3.63, 3.8) is 0 Å². The number of thiocarbonyl (C=S) groups is 1. The van der Waals surface area contributed by atoms with E-state index in [1.54, 1.807) is 11.3 Å². The monoisotopic (exact) mass is 374 g/mol. The topological polar surface area (TPSA) is 50.4 Å². The van der Waals surface area contributed by atoms with Gasteiger partial charge in [-0.05, 0) is 81.1 Å². The van der Waals surface area contributed by atoms with Gasteiger partial charge in [-0.25, -0.2) is 4.79 Å². The van der Waals surface area contributed by atoms with E-state index in [9.17, 15) is 4.79 Å². The standard InChI is InChI=1S/C19H22N2O2S2/c1-4-23-18(22)16-14-6-5-7-15(14)25-17(16)21-19(24)20-13-9-8-11(2)12(3)10-13/h8-10H,4-7H2,1-3H3,(H2,20,21,24). The Hall–Kier alpha value is -1.92. The average molecular weight is 375 g/mol. The molecule has 2 aromatic rings. The fourth-order valence-corrected chi connectivity index (χ4v) is 4.56. The Morgan fingerprint density at radius 2 is 2.04 bits per heavy atom. The highest BCUT2D eigenvalue weighted by Gasteiger charge is 2.27. The summed E-state index contributed by atoms with van der Waals surface area (Å²) in [6, 6.07) is 6.12. The van der Waals surface area contributed by atoms with Gasteiger partial charge in [0.15, 0.2) is 5.11 Å². The van der Waals surface area contributed by atoms with Gasteiger partial charge in [-0.15, -0.1) is 11.3 Å². The minimum Gasteiger partial charge on any atom is -0.462 e. The Kier molecular flexibility index (Phi) is 5.39. The Morgan fingerprint density at radius 1 is 1.24 bits per heavy atom. The molecule has 1 aromatic carbocycles. The van der Waals surface area contributed by atoms with Crippen LogP contribution >= 0.6 is 23.6 Å². The lowest BCUT2D eigenvalue weighted by Crippen LogP contribution is -2.20. The van der Waals surface area contributed by atoms with Gasteiger partial charge in [0.1, 0.15) is 5.00 Å². The summed E-state index contributed by atoms with van der Waals surface area (Å²) in [5.74, 6) is -0.265. The van der Waals surface area contributed by atoms with Gasteiger partial charge in [-0.1, -0.05) is 6.07 Å². The second kappa shape index (κ2) is 7.54. The van der Waals surface area contributed by atoms with E-state index < -0.39 is 0 Å². The van der Waals surface area contributed by atoms with Crippen LogP contribution in [0.4, 0.5) is 10.7 Å². The number of carbonyl (C=O) groups is 1. The number of hydrogen-bond donors (Lipinski definition) is 2. The van der Waals surface area contributed by atoms with E-state index >= 15 is 0 Å². The van der Waals surface area contributed by atoms with E-state index in [-0.39, 0.29) is 5.97 Å². The average Bonchev–Trinajstić information content (AvgIpc) is 3.11. The molecule has 0 amide bonds. The summed E-state index contributed by atoms with van der Waals surface area (Å²) in [5.41, 5.74) is 5.16. The molecular formula is C19H22N2O2S2. The zero-order valence-electron chi connectivity index (χ0n) is 14.7. The molecule has 3 rings (SSSR count). The summed E-state index contributed by atoms with van der Waals surface area (Å²) in [4.78, 5) is 13.7. The Labute approximate surface area is 157 Å². The number of fused-ring (bicyclic) bond motifs is 1. The molecule has 25 heavy (non-hydrogen) atoms. The van der Waals surface area contributed by atoms with Crippen molar-refractivity contribution in [2.75, 3.05) is 17.2 Å². The second-order valence-electron chi connectivity index (χ2n) is 6.16. The smallest absolute Gasteiger partial charge is 0.341 e. The first-order valence-corrected chi connectivity index (χ1v) is 9.69. The number of benzene rings is 1. The lowest BCUT2D eigenvalue weighted by molar-refractivity contribution is 0.0527. The first-order valence-electron chi connectivity index (χ1n) is 8.46. The maximum Gasteiger partial charge on any atom is 0.341 e. The predicted octanol–water partition coefficient (Wildman–Crippen LogP) is 4.84. The van der Waals surface area contributed by atoms with Crippen molar-refractivity contribution >= 4 is 45.3 Å². The van der Waals surface area contributed by atoms with Gasteiger partial charge in [0.25, 0.3) is 0 Å². The van der Waals surface area contributed by atoms with Crippen LogP contribution in [0.15, 0.2) is 18.2 Å². The lowest BCUT2D eigenvalue weighted by Gasteiger charge is -2.12. The van der Waals surface area contributed by atoms with Gasteiger partial charge < -0.3 is 15.4 Å². The molecular weight excluding hydrogens is 352 g/mol.